The second-order valence-electron chi connectivity index (χ2n) is 4.03. The van der Waals surface area contributed by atoms with Crippen LogP contribution in [0.25, 0.3) is 22.0 Å². The number of benzene rings is 1. The van der Waals surface area contributed by atoms with Crippen LogP contribution < -0.4 is 0 Å². The average molecular weight is 332 g/mol. The van der Waals surface area contributed by atoms with Gasteiger partial charge in [-0.1, -0.05) is 28.1 Å². The van der Waals surface area contributed by atoms with E-state index in [1.807, 2.05) is 18.2 Å². The van der Waals surface area contributed by atoms with E-state index in [1.165, 1.54) is 4.88 Å². The van der Waals surface area contributed by atoms with Gasteiger partial charge in [-0.25, -0.2) is 15.0 Å². The number of hydrogen-bond acceptors (Lipinski definition) is 4. The zero-order valence-electron chi connectivity index (χ0n) is 10.2. The molecule has 0 radical (unpaired) electrons. The van der Waals surface area contributed by atoms with Gasteiger partial charge in [0, 0.05) is 21.1 Å². The van der Waals surface area contributed by atoms with Crippen LogP contribution >= 0.6 is 27.3 Å². The van der Waals surface area contributed by atoms with Gasteiger partial charge in [-0.3, -0.25) is 0 Å². The summed E-state index contributed by atoms with van der Waals surface area (Å²) in [5.41, 5.74) is 2.99. The van der Waals surface area contributed by atoms with E-state index >= 15 is 0 Å². The van der Waals surface area contributed by atoms with Crippen LogP contribution in [0.1, 0.15) is 4.88 Å². The Balaban J connectivity index is 2.08. The number of rotatable bonds is 2. The lowest BCUT2D eigenvalue weighted by atomic mass is 10.1. The molecular weight excluding hydrogens is 322 g/mol. The Morgan fingerprint density at radius 2 is 2.11 bits per heavy atom. The highest BCUT2D eigenvalue weighted by Crippen LogP contribution is 2.33. The first kappa shape index (κ1) is 12.4. The highest BCUT2D eigenvalue weighted by Gasteiger charge is 2.12. The Morgan fingerprint density at radius 1 is 1.21 bits per heavy atom. The highest BCUT2D eigenvalue weighted by atomic mass is 79.9. The molecule has 0 fully saturated rings. The third-order valence-corrected chi connectivity index (χ3v) is 4.18. The van der Waals surface area contributed by atoms with Gasteiger partial charge in [-0.05, 0) is 25.1 Å². The van der Waals surface area contributed by atoms with Gasteiger partial charge < -0.3 is 0 Å². The van der Waals surface area contributed by atoms with E-state index in [0.717, 1.165) is 26.4 Å². The minimum Gasteiger partial charge on any atom is -0.245 e. The summed E-state index contributed by atoms with van der Waals surface area (Å²) >= 11 is 5.14. The minimum atomic E-state index is 0.865. The Morgan fingerprint density at radius 3 is 2.84 bits per heavy atom. The van der Waals surface area contributed by atoms with Crippen molar-refractivity contribution in [2.75, 3.05) is 0 Å². The number of hydrogen-bond donors (Lipinski definition) is 0. The Kier molecular flexibility index (Phi) is 3.40. The van der Waals surface area contributed by atoms with Crippen LogP contribution in [0.2, 0.25) is 0 Å². The molecule has 5 heteroatoms. The van der Waals surface area contributed by atoms with Crippen molar-refractivity contribution in [3.63, 3.8) is 0 Å². The highest BCUT2D eigenvalue weighted by molar-refractivity contribution is 9.10. The predicted molar refractivity (Wildman–Crippen MR) is 81.0 cm³/mol. The summed E-state index contributed by atoms with van der Waals surface area (Å²) in [7, 11) is 0. The van der Waals surface area contributed by atoms with Crippen LogP contribution in [-0.2, 0) is 0 Å². The zero-order chi connectivity index (χ0) is 13.2. The lowest BCUT2D eigenvalue weighted by molar-refractivity contribution is 1.16. The van der Waals surface area contributed by atoms with E-state index in [9.17, 15) is 0 Å². The molecule has 1 aromatic carbocycles. The summed E-state index contributed by atoms with van der Waals surface area (Å²) in [4.78, 5) is 14.1. The number of thiazole rings is 1. The third-order valence-electron chi connectivity index (χ3n) is 2.70. The van der Waals surface area contributed by atoms with E-state index in [1.54, 1.807) is 23.9 Å². The summed E-state index contributed by atoms with van der Waals surface area (Å²) in [5.74, 6) is 0. The number of aryl methyl sites for hydroxylation is 1. The first-order valence-electron chi connectivity index (χ1n) is 5.74. The molecule has 0 amide bonds. The molecule has 0 bridgehead atoms. The van der Waals surface area contributed by atoms with Crippen molar-refractivity contribution < 1.29 is 0 Å². The Hall–Kier alpha value is -1.59. The normalized spacial score (nSPS) is 10.6. The van der Waals surface area contributed by atoms with Gasteiger partial charge in [0.15, 0.2) is 0 Å². The molecule has 0 aliphatic carbocycles. The molecule has 94 valence electrons. The number of nitrogens with zero attached hydrogens (tertiary/aromatic N) is 3. The fourth-order valence-corrected chi connectivity index (χ4v) is 3.14. The van der Waals surface area contributed by atoms with Gasteiger partial charge in [0.1, 0.15) is 17.0 Å². The molecule has 19 heavy (non-hydrogen) atoms. The van der Waals surface area contributed by atoms with Gasteiger partial charge in [0.25, 0.3) is 0 Å². The van der Waals surface area contributed by atoms with E-state index in [0.29, 0.717) is 0 Å². The first-order chi connectivity index (χ1) is 9.24. The Labute approximate surface area is 123 Å². The van der Waals surface area contributed by atoms with Gasteiger partial charge in [0.05, 0.1) is 5.69 Å². The van der Waals surface area contributed by atoms with Crippen LogP contribution in [0, 0.1) is 6.92 Å². The van der Waals surface area contributed by atoms with Crippen molar-refractivity contribution in [3.05, 3.63) is 52.2 Å². The quantitative estimate of drug-likeness (QED) is 0.701. The third kappa shape index (κ3) is 2.57. The fourth-order valence-electron chi connectivity index (χ4n) is 1.83. The molecule has 0 aliphatic rings. The van der Waals surface area contributed by atoms with Crippen LogP contribution in [0.3, 0.4) is 0 Å². The molecule has 3 rings (SSSR count). The molecular formula is C14H10BrN3S. The lowest BCUT2D eigenvalue weighted by Gasteiger charge is -1.99. The van der Waals surface area contributed by atoms with Crippen molar-refractivity contribution in [2.45, 2.75) is 6.92 Å². The van der Waals surface area contributed by atoms with Crippen LogP contribution in [0.15, 0.2) is 47.3 Å². The van der Waals surface area contributed by atoms with Gasteiger partial charge in [-0.2, -0.15) is 0 Å². The van der Waals surface area contributed by atoms with Crippen molar-refractivity contribution in [3.8, 4) is 22.0 Å². The molecule has 0 saturated heterocycles. The summed E-state index contributed by atoms with van der Waals surface area (Å²) in [6.07, 6.45) is 3.28. The van der Waals surface area contributed by atoms with Crippen molar-refractivity contribution in [2.24, 2.45) is 0 Å². The molecule has 0 spiro atoms. The molecule has 2 heterocycles. The molecule has 0 N–H and O–H groups in total. The fraction of sp³-hybridized carbons (Fsp3) is 0.0714. The summed E-state index contributed by atoms with van der Waals surface area (Å²) in [6.45, 7) is 2.08. The second-order valence-corrected chi connectivity index (χ2v) is 6.15. The maximum atomic E-state index is 4.70. The molecule has 0 saturated carbocycles. The van der Waals surface area contributed by atoms with E-state index < -0.39 is 0 Å². The summed E-state index contributed by atoms with van der Waals surface area (Å²) in [6, 6.07) is 10.0. The van der Waals surface area contributed by atoms with E-state index in [4.69, 9.17) is 4.98 Å². The van der Waals surface area contributed by atoms with Gasteiger partial charge >= 0.3 is 0 Å². The predicted octanol–water partition coefficient (Wildman–Crippen LogP) is 4.34. The zero-order valence-corrected chi connectivity index (χ0v) is 12.6. The summed E-state index contributed by atoms with van der Waals surface area (Å²) in [5, 5.41) is 0.926. The molecule has 2 aromatic heterocycles. The van der Waals surface area contributed by atoms with Crippen LogP contribution in [-0.4, -0.2) is 15.0 Å². The lowest BCUT2D eigenvalue weighted by Crippen LogP contribution is -1.84. The van der Waals surface area contributed by atoms with Crippen molar-refractivity contribution in [1.29, 1.82) is 0 Å². The molecule has 0 aliphatic heterocycles. The maximum Gasteiger partial charge on any atom is 0.142 e. The smallest absolute Gasteiger partial charge is 0.142 e. The van der Waals surface area contributed by atoms with Crippen LogP contribution in [0.5, 0.6) is 0 Å². The number of halogens is 1. The van der Waals surface area contributed by atoms with Crippen molar-refractivity contribution in [1.82, 2.24) is 15.0 Å². The molecule has 3 aromatic rings. The van der Waals surface area contributed by atoms with Gasteiger partial charge in [0.2, 0.25) is 0 Å². The van der Waals surface area contributed by atoms with E-state index in [2.05, 4.69) is 45.0 Å². The largest absolute Gasteiger partial charge is 0.245 e. The molecule has 3 nitrogen and oxygen atoms in total. The molecule has 0 atom stereocenters. The minimum absolute atomic E-state index is 0.865. The van der Waals surface area contributed by atoms with Crippen molar-refractivity contribution >= 4 is 27.3 Å². The monoisotopic (exact) mass is 331 g/mol. The maximum absolute atomic E-state index is 4.70. The topological polar surface area (TPSA) is 38.7 Å². The van der Waals surface area contributed by atoms with E-state index in [-0.39, 0.29) is 0 Å². The first-order valence-corrected chi connectivity index (χ1v) is 7.35. The Bertz CT molecular complexity index is 710. The standard InChI is InChI=1S/C14H10BrN3S/c1-9-13(10-3-2-4-11(15)7-10)18-14(19-9)12-5-6-16-8-17-12/h2-8H,1H3. The SMILES string of the molecule is Cc1sc(-c2ccncn2)nc1-c1cccc(Br)c1. The van der Waals surface area contributed by atoms with Crippen LogP contribution in [0.4, 0.5) is 0 Å². The molecule has 0 unspecified atom stereocenters. The summed E-state index contributed by atoms with van der Waals surface area (Å²) < 4.78 is 1.06. The average Bonchev–Trinajstić information content (AvgIpc) is 2.82. The second kappa shape index (κ2) is 5.19. The number of aromatic nitrogens is 3. The van der Waals surface area contributed by atoms with Gasteiger partial charge in [-0.15, -0.1) is 11.3 Å².